The molecule has 0 saturated carbocycles. The van der Waals surface area contributed by atoms with Crippen LogP contribution in [0, 0.1) is 11.8 Å². The number of H-pyrrole nitrogens is 1. The first-order valence-corrected chi connectivity index (χ1v) is 9.30. The summed E-state index contributed by atoms with van der Waals surface area (Å²) in [6.07, 6.45) is 6.26. The lowest BCUT2D eigenvalue weighted by Crippen LogP contribution is -2.54. The van der Waals surface area contributed by atoms with E-state index in [0.717, 1.165) is 16.5 Å². The van der Waals surface area contributed by atoms with E-state index in [1.165, 1.54) is 13.2 Å². The van der Waals surface area contributed by atoms with E-state index in [9.17, 15) is 20.1 Å². The summed E-state index contributed by atoms with van der Waals surface area (Å²) in [5.74, 6) is -1.77. The molecule has 7 nitrogen and oxygen atoms in total. The molecule has 2 aromatic rings. The van der Waals surface area contributed by atoms with Gasteiger partial charge >= 0.3 is 5.97 Å². The summed E-state index contributed by atoms with van der Waals surface area (Å²) in [4.78, 5) is 17.2. The molecule has 0 saturated heterocycles. The van der Waals surface area contributed by atoms with Crippen LogP contribution < -0.4 is 0 Å². The number of rotatable bonds is 5. The Morgan fingerprint density at radius 3 is 2.89 bits per heavy atom. The van der Waals surface area contributed by atoms with Crippen LogP contribution in [0.25, 0.3) is 10.9 Å². The van der Waals surface area contributed by atoms with Crippen molar-refractivity contribution in [3.05, 3.63) is 60.0 Å². The number of esters is 1. The second kappa shape index (κ2) is 7.09. The van der Waals surface area contributed by atoms with Gasteiger partial charge in [-0.15, -0.1) is 0 Å². The van der Waals surface area contributed by atoms with Gasteiger partial charge in [0.05, 0.1) is 19.3 Å². The van der Waals surface area contributed by atoms with E-state index in [0.29, 0.717) is 18.5 Å². The fraction of sp³-hybridized carbons (Fsp3) is 0.381. The maximum Gasteiger partial charge on any atom is 0.335 e. The number of aromatic amines is 1. The highest BCUT2D eigenvalue weighted by molar-refractivity contribution is 5.90. The molecule has 7 heteroatoms. The van der Waals surface area contributed by atoms with Gasteiger partial charge < -0.3 is 29.9 Å². The number of allylic oxidation sites excluding steroid dienone is 1. The van der Waals surface area contributed by atoms with E-state index in [2.05, 4.69) is 4.98 Å². The maximum absolute atomic E-state index is 12.3. The Bertz CT molecular complexity index is 949. The molecule has 28 heavy (non-hydrogen) atoms. The molecule has 4 atom stereocenters. The zero-order chi connectivity index (χ0) is 19.9. The van der Waals surface area contributed by atoms with Gasteiger partial charge in [0.2, 0.25) is 0 Å². The topological polar surface area (TPSA) is 106 Å². The highest BCUT2D eigenvalue weighted by Gasteiger charge is 2.52. The van der Waals surface area contributed by atoms with Gasteiger partial charge in [-0.1, -0.05) is 30.4 Å². The average molecular weight is 384 g/mol. The molecule has 0 spiro atoms. The summed E-state index contributed by atoms with van der Waals surface area (Å²) in [7, 11) is 1.30. The first-order chi connectivity index (χ1) is 13.5. The number of ether oxygens (including phenoxy) is 1. The van der Waals surface area contributed by atoms with E-state index < -0.39 is 36.2 Å². The Kier molecular flexibility index (Phi) is 4.74. The van der Waals surface area contributed by atoms with Crippen molar-refractivity contribution >= 4 is 16.9 Å². The first-order valence-electron chi connectivity index (χ1n) is 9.30. The number of nitrogens with one attached hydrogen (secondary N) is 1. The summed E-state index contributed by atoms with van der Waals surface area (Å²) in [6.45, 7) is -0.0965. The number of methoxy groups -OCH3 is 1. The van der Waals surface area contributed by atoms with E-state index in [-0.39, 0.29) is 0 Å². The minimum absolute atomic E-state index is 0.359. The number of nitrogens with zero attached hydrogens (tertiary/aromatic N) is 1. The number of aromatic nitrogens is 1. The zero-order valence-corrected chi connectivity index (χ0v) is 15.6. The molecule has 1 aliphatic carbocycles. The predicted molar refractivity (Wildman–Crippen MR) is 103 cm³/mol. The third-order valence-electron chi connectivity index (χ3n) is 5.87. The maximum atomic E-state index is 12.3. The molecule has 0 amide bonds. The van der Waals surface area contributed by atoms with Crippen molar-refractivity contribution in [2.24, 2.45) is 11.8 Å². The van der Waals surface area contributed by atoms with Gasteiger partial charge in [0.25, 0.3) is 0 Å². The molecule has 0 radical (unpaired) electrons. The van der Waals surface area contributed by atoms with Gasteiger partial charge in [0.1, 0.15) is 11.8 Å². The summed E-state index contributed by atoms with van der Waals surface area (Å²) in [5.41, 5.74) is 0.908. The number of fused-ring (bicyclic) bond motifs is 2. The molecule has 1 aromatic heterocycles. The van der Waals surface area contributed by atoms with Crippen LogP contribution in [0.1, 0.15) is 5.56 Å². The lowest BCUT2D eigenvalue weighted by molar-refractivity contribution is -0.142. The Morgan fingerprint density at radius 2 is 2.14 bits per heavy atom. The molecule has 2 aliphatic rings. The second-order valence-electron chi connectivity index (χ2n) is 7.40. The summed E-state index contributed by atoms with van der Waals surface area (Å²) in [6, 6.07) is 7.97. The zero-order valence-electron chi connectivity index (χ0n) is 15.6. The fourth-order valence-corrected chi connectivity index (χ4v) is 4.35. The van der Waals surface area contributed by atoms with Crippen LogP contribution in [0.15, 0.2) is 54.4 Å². The van der Waals surface area contributed by atoms with Crippen molar-refractivity contribution in [2.75, 3.05) is 20.3 Å². The normalized spacial score (nSPS) is 29.1. The number of carbonyl (C=O) groups is 1. The number of aliphatic hydroxyl groups excluding tert-OH is 2. The largest absolute Gasteiger partial charge is 0.466 e. The quantitative estimate of drug-likeness (QED) is 0.451. The monoisotopic (exact) mass is 384 g/mol. The van der Waals surface area contributed by atoms with Crippen LogP contribution in [-0.2, 0) is 16.0 Å². The number of carbonyl (C=O) groups excluding carboxylic acids is 1. The third-order valence-corrected chi connectivity index (χ3v) is 5.87. The van der Waals surface area contributed by atoms with Crippen LogP contribution in [0.2, 0.25) is 0 Å². The fourth-order valence-electron chi connectivity index (χ4n) is 4.35. The number of hydrogen-bond acceptors (Lipinski definition) is 6. The predicted octanol–water partition coefficient (Wildman–Crippen LogP) is 0.927. The minimum Gasteiger partial charge on any atom is -0.466 e. The lowest BCUT2D eigenvalue weighted by atomic mass is 9.77. The summed E-state index contributed by atoms with van der Waals surface area (Å²) < 4.78 is 4.89. The van der Waals surface area contributed by atoms with Gasteiger partial charge in [0.15, 0.2) is 0 Å². The number of benzene rings is 1. The van der Waals surface area contributed by atoms with Gasteiger partial charge in [-0.2, -0.15) is 0 Å². The molecule has 4 N–H and O–H groups in total. The molecule has 1 aromatic carbocycles. The van der Waals surface area contributed by atoms with Crippen molar-refractivity contribution in [3.63, 3.8) is 0 Å². The van der Waals surface area contributed by atoms with Crippen LogP contribution in [0.3, 0.4) is 0 Å². The Balaban J connectivity index is 1.62. The van der Waals surface area contributed by atoms with E-state index in [4.69, 9.17) is 4.74 Å². The number of aliphatic hydroxyl groups is 3. The van der Waals surface area contributed by atoms with Crippen molar-refractivity contribution in [2.45, 2.75) is 18.2 Å². The average Bonchev–Trinajstić information content (AvgIpc) is 3.29. The summed E-state index contributed by atoms with van der Waals surface area (Å²) >= 11 is 0. The molecule has 2 unspecified atom stereocenters. The molecule has 1 aliphatic heterocycles. The van der Waals surface area contributed by atoms with Crippen LogP contribution >= 0.6 is 0 Å². The van der Waals surface area contributed by atoms with Crippen LogP contribution in [0.4, 0.5) is 0 Å². The smallest absolute Gasteiger partial charge is 0.335 e. The van der Waals surface area contributed by atoms with E-state index in [1.807, 2.05) is 30.5 Å². The Hall–Kier alpha value is -2.61. The van der Waals surface area contributed by atoms with Crippen molar-refractivity contribution in [3.8, 4) is 0 Å². The van der Waals surface area contributed by atoms with Gasteiger partial charge in [-0.3, -0.25) is 0 Å². The molecule has 4 rings (SSSR count). The summed E-state index contributed by atoms with van der Waals surface area (Å²) in [5, 5.41) is 32.5. The van der Waals surface area contributed by atoms with Crippen molar-refractivity contribution in [1.29, 1.82) is 0 Å². The van der Waals surface area contributed by atoms with Crippen LogP contribution in [0.5, 0.6) is 0 Å². The van der Waals surface area contributed by atoms with Gasteiger partial charge in [0, 0.05) is 41.7 Å². The van der Waals surface area contributed by atoms with E-state index >= 15 is 0 Å². The second-order valence-corrected chi connectivity index (χ2v) is 7.40. The highest BCUT2D eigenvalue weighted by Crippen LogP contribution is 2.44. The standard InChI is InChI=1S/C21H24N2O5/c1-28-20(26)16-11-23(19(25)18-15(16)6-8-21(18,27)12-24)9-7-13-10-22-17-5-3-2-4-14(13)17/h2-6,8,10-11,15,18-19,22,24-25,27H,7,9,12H2,1H3/t15-,18-,19?,21?/m1/s1. The highest BCUT2D eigenvalue weighted by atomic mass is 16.5. The SMILES string of the molecule is COC(=O)C1=CN(CCc2c[nH]c3ccccc23)C(O)[C@H]2[C@@H]1C=CC2(O)CO. The third kappa shape index (κ3) is 2.92. The minimum atomic E-state index is -1.59. The number of para-hydroxylation sites is 1. The lowest BCUT2D eigenvalue weighted by Gasteiger charge is -2.43. The molecule has 0 bridgehead atoms. The van der Waals surface area contributed by atoms with Gasteiger partial charge in [-0.05, 0) is 18.1 Å². The first kappa shape index (κ1) is 18.7. The molecule has 0 fully saturated rings. The molecular formula is C21H24N2O5. The molecular weight excluding hydrogens is 360 g/mol. The van der Waals surface area contributed by atoms with Crippen molar-refractivity contribution < 1.29 is 24.9 Å². The van der Waals surface area contributed by atoms with Crippen LogP contribution in [-0.4, -0.2) is 63.3 Å². The van der Waals surface area contributed by atoms with Crippen molar-refractivity contribution in [1.82, 2.24) is 9.88 Å². The van der Waals surface area contributed by atoms with E-state index in [1.54, 1.807) is 17.2 Å². The van der Waals surface area contributed by atoms with Gasteiger partial charge in [-0.25, -0.2) is 4.79 Å². The molecule has 2 heterocycles. The Morgan fingerprint density at radius 1 is 1.36 bits per heavy atom. The Labute approximate surface area is 162 Å². The number of hydrogen-bond donors (Lipinski definition) is 4. The molecule has 148 valence electrons.